The first-order chi connectivity index (χ1) is 13.9. The van der Waals surface area contributed by atoms with E-state index in [1.54, 1.807) is 0 Å². The van der Waals surface area contributed by atoms with Crippen molar-refractivity contribution in [1.82, 2.24) is 14.9 Å². The van der Waals surface area contributed by atoms with E-state index < -0.39 is 0 Å². The monoisotopic (exact) mass is 409 g/mol. The van der Waals surface area contributed by atoms with E-state index in [4.69, 9.17) is 21.6 Å². The first-order valence-corrected chi connectivity index (χ1v) is 10.2. The minimum atomic E-state index is 0.616. The molecule has 0 saturated carbocycles. The number of anilines is 3. The molecule has 0 aliphatic carbocycles. The Morgan fingerprint density at radius 3 is 2.48 bits per heavy atom. The summed E-state index contributed by atoms with van der Waals surface area (Å²) in [4.78, 5) is 11.6. The first kappa shape index (κ1) is 21.1. The topological polar surface area (TPSA) is 53.1 Å². The Hall–Kier alpha value is -2.63. The molecule has 0 spiro atoms. The standard InChI is InChI=1S/C23H28ClN5/c1-16-11-12-19(24)17(2)22(16)27-21-15-20(18-9-6-5-7-10-18)26-23(28-21)25-13-8-14-29(3)4/h5-7,9-12,15H,8,13-14H2,1-4H3,(H2,25,26,27,28). The lowest BCUT2D eigenvalue weighted by Crippen LogP contribution is -2.17. The molecular formula is C23H28ClN5. The lowest BCUT2D eigenvalue weighted by Gasteiger charge is -2.16. The van der Waals surface area contributed by atoms with Crippen molar-refractivity contribution in [3.8, 4) is 11.3 Å². The minimum Gasteiger partial charge on any atom is -0.354 e. The van der Waals surface area contributed by atoms with Crippen LogP contribution in [0.4, 0.5) is 17.5 Å². The summed E-state index contributed by atoms with van der Waals surface area (Å²) in [6, 6.07) is 16.0. The molecule has 0 fully saturated rings. The van der Waals surface area contributed by atoms with E-state index >= 15 is 0 Å². The maximum Gasteiger partial charge on any atom is 0.225 e. The quantitative estimate of drug-likeness (QED) is 0.479. The third kappa shape index (κ3) is 5.68. The van der Waals surface area contributed by atoms with Gasteiger partial charge in [0.2, 0.25) is 5.95 Å². The average molecular weight is 410 g/mol. The maximum atomic E-state index is 6.33. The molecule has 0 unspecified atom stereocenters. The lowest BCUT2D eigenvalue weighted by atomic mass is 10.1. The number of benzene rings is 2. The molecule has 0 amide bonds. The largest absolute Gasteiger partial charge is 0.354 e. The fourth-order valence-corrected chi connectivity index (χ4v) is 3.24. The fourth-order valence-electron chi connectivity index (χ4n) is 3.08. The molecule has 3 rings (SSSR count). The zero-order valence-electron chi connectivity index (χ0n) is 17.5. The Morgan fingerprint density at radius 2 is 1.76 bits per heavy atom. The van der Waals surface area contributed by atoms with Gasteiger partial charge in [-0.25, -0.2) is 4.98 Å². The van der Waals surface area contributed by atoms with Crippen molar-refractivity contribution in [2.24, 2.45) is 0 Å². The number of rotatable bonds is 8. The highest BCUT2D eigenvalue weighted by molar-refractivity contribution is 6.31. The molecule has 0 radical (unpaired) electrons. The molecule has 0 atom stereocenters. The summed E-state index contributed by atoms with van der Waals surface area (Å²) in [7, 11) is 4.15. The predicted octanol–water partition coefficient (Wildman–Crippen LogP) is 5.52. The van der Waals surface area contributed by atoms with Crippen LogP contribution in [0.15, 0.2) is 48.5 Å². The summed E-state index contributed by atoms with van der Waals surface area (Å²) in [5.41, 5.74) is 5.03. The van der Waals surface area contributed by atoms with Gasteiger partial charge in [-0.15, -0.1) is 0 Å². The molecule has 0 aliphatic rings. The van der Waals surface area contributed by atoms with Crippen LogP contribution in [0.2, 0.25) is 5.02 Å². The second-order valence-corrected chi connectivity index (χ2v) is 7.81. The Morgan fingerprint density at radius 1 is 1.00 bits per heavy atom. The van der Waals surface area contributed by atoms with E-state index in [0.29, 0.717) is 5.95 Å². The highest BCUT2D eigenvalue weighted by atomic mass is 35.5. The lowest BCUT2D eigenvalue weighted by molar-refractivity contribution is 0.405. The van der Waals surface area contributed by atoms with Crippen LogP contribution in [0, 0.1) is 13.8 Å². The van der Waals surface area contributed by atoms with Crippen LogP contribution < -0.4 is 10.6 Å². The third-order valence-corrected chi connectivity index (χ3v) is 5.13. The van der Waals surface area contributed by atoms with Crippen LogP contribution in [-0.4, -0.2) is 42.1 Å². The van der Waals surface area contributed by atoms with Gasteiger partial charge >= 0.3 is 0 Å². The number of nitrogens with zero attached hydrogens (tertiary/aromatic N) is 3. The maximum absolute atomic E-state index is 6.33. The molecule has 0 bridgehead atoms. The van der Waals surface area contributed by atoms with Gasteiger partial charge in [-0.05, 0) is 58.1 Å². The molecule has 1 aromatic heterocycles. The molecule has 0 aliphatic heterocycles. The van der Waals surface area contributed by atoms with Gasteiger partial charge < -0.3 is 15.5 Å². The van der Waals surface area contributed by atoms with E-state index in [1.807, 2.05) is 43.3 Å². The zero-order valence-corrected chi connectivity index (χ0v) is 18.2. The minimum absolute atomic E-state index is 0.616. The van der Waals surface area contributed by atoms with Crippen LogP contribution in [0.25, 0.3) is 11.3 Å². The average Bonchev–Trinajstić information content (AvgIpc) is 2.72. The van der Waals surface area contributed by atoms with Crippen LogP contribution >= 0.6 is 11.6 Å². The molecule has 1 heterocycles. The number of aryl methyl sites for hydroxylation is 1. The van der Waals surface area contributed by atoms with E-state index in [-0.39, 0.29) is 0 Å². The van der Waals surface area contributed by atoms with Crippen LogP contribution in [0.1, 0.15) is 17.5 Å². The highest BCUT2D eigenvalue weighted by Crippen LogP contribution is 2.30. The molecule has 29 heavy (non-hydrogen) atoms. The van der Waals surface area contributed by atoms with Gasteiger partial charge in [-0.1, -0.05) is 48.0 Å². The van der Waals surface area contributed by atoms with Crippen molar-refractivity contribution in [2.45, 2.75) is 20.3 Å². The van der Waals surface area contributed by atoms with E-state index in [2.05, 4.69) is 48.7 Å². The molecule has 3 aromatic rings. The molecule has 5 nitrogen and oxygen atoms in total. The number of aromatic nitrogens is 2. The van der Waals surface area contributed by atoms with Crippen molar-refractivity contribution >= 4 is 29.1 Å². The molecule has 6 heteroatoms. The summed E-state index contributed by atoms with van der Waals surface area (Å²) < 4.78 is 0. The van der Waals surface area contributed by atoms with Crippen molar-refractivity contribution in [2.75, 3.05) is 37.8 Å². The summed E-state index contributed by atoms with van der Waals surface area (Å²) in [6.45, 7) is 5.89. The van der Waals surface area contributed by atoms with Crippen LogP contribution in [0.5, 0.6) is 0 Å². The fraction of sp³-hybridized carbons (Fsp3) is 0.304. The van der Waals surface area contributed by atoms with Gasteiger partial charge in [0.05, 0.1) is 5.69 Å². The van der Waals surface area contributed by atoms with Gasteiger partial charge in [0.1, 0.15) is 5.82 Å². The molecule has 0 saturated heterocycles. The smallest absolute Gasteiger partial charge is 0.225 e. The van der Waals surface area contributed by atoms with E-state index in [9.17, 15) is 0 Å². The number of halogens is 1. The summed E-state index contributed by atoms with van der Waals surface area (Å²) >= 11 is 6.33. The van der Waals surface area contributed by atoms with Crippen LogP contribution in [-0.2, 0) is 0 Å². The van der Waals surface area contributed by atoms with Gasteiger partial charge in [-0.2, -0.15) is 4.98 Å². The molecule has 152 valence electrons. The molecule has 2 N–H and O–H groups in total. The van der Waals surface area contributed by atoms with Crippen molar-refractivity contribution in [1.29, 1.82) is 0 Å². The molecular weight excluding hydrogens is 382 g/mol. The number of hydrogen-bond acceptors (Lipinski definition) is 5. The molecule has 2 aromatic carbocycles. The van der Waals surface area contributed by atoms with Crippen LogP contribution in [0.3, 0.4) is 0 Å². The summed E-state index contributed by atoms with van der Waals surface area (Å²) in [5.74, 6) is 1.35. The first-order valence-electron chi connectivity index (χ1n) is 9.80. The summed E-state index contributed by atoms with van der Waals surface area (Å²) in [5, 5.41) is 7.55. The Bertz CT molecular complexity index is 957. The van der Waals surface area contributed by atoms with Crippen molar-refractivity contribution in [3.63, 3.8) is 0 Å². The van der Waals surface area contributed by atoms with Gasteiger partial charge in [0.15, 0.2) is 0 Å². The predicted molar refractivity (Wildman–Crippen MR) is 123 cm³/mol. The normalized spacial score (nSPS) is 11.0. The second kappa shape index (κ2) is 9.72. The second-order valence-electron chi connectivity index (χ2n) is 7.40. The number of hydrogen-bond donors (Lipinski definition) is 2. The van der Waals surface area contributed by atoms with E-state index in [1.165, 1.54) is 0 Å². The highest BCUT2D eigenvalue weighted by Gasteiger charge is 2.11. The van der Waals surface area contributed by atoms with Gasteiger partial charge in [0, 0.05) is 28.9 Å². The zero-order chi connectivity index (χ0) is 20.8. The number of nitrogens with one attached hydrogen (secondary N) is 2. The van der Waals surface area contributed by atoms with Gasteiger partial charge in [0.25, 0.3) is 0 Å². The SMILES string of the molecule is Cc1ccc(Cl)c(C)c1Nc1cc(-c2ccccc2)nc(NCCCN(C)C)n1. The summed E-state index contributed by atoms with van der Waals surface area (Å²) in [6.07, 6.45) is 1.02. The van der Waals surface area contributed by atoms with Crippen molar-refractivity contribution in [3.05, 3.63) is 64.7 Å². The van der Waals surface area contributed by atoms with Gasteiger partial charge in [-0.3, -0.25) is 0 Å². The Balaban J connectivity index is 1.91. The van der Waals surface area contributed by atoms with E-state index in [0.717, 1.165) is 58.4 Å². The third-order valence-electron chi connectivity index (χ3n) is 4.72. The Labute approximate surface area is 178 Å². The van der Waals surface area contributed by atoms with Crippen molar-refractivity contribution < 1.29 is 0 Å². The Kier molecular flexibility index (Phi) is 7.07.